The lowest BCUT2D eigenvalue weighted by atomic mass is 9.85. The van der Waals surface area contributed by atoms with E-state index >= 15 is 0 Å². The fourth-order valence-electron chi connectivity index (χ4n) is 2.20. The van der Waals surface area contributed by atoms with E-state index in [1.807, 2.05) is 0 Å². The smallest absolute Gasteiger partial charge is 0.318 e. The largest absolute Gasteiger partial charge is 0.408 e. The van der Waals surface area contributed by atoms with Gasteiger partial charge in [0.15, 0.2) is 0 Å². The third-order valence-electron chi connectivity index (χ3n) is 3.65. The highest BCUT2D eigenvalue weighted by molar-refractivity contribution is 5.25. The summed E-state index contributed by atoms with van der Waals surface area (Å²) in [6.07, 6.45) is 3.14. The first-order chi connectivity index (χ1) is 8.14. The summed E-state index contributed by atoms with van der Waals surface area (Å²) in [6.45, 7) is 0.582. The molecular weight excluding hydrogens is 228 g/mol. The molecule has 0 unspecified atom stereocenters. The molecule has 2 heterocycles. The van der Waals surface area contributed by atoms with Gasteiger partial charge in [0.1, 0.15) is 0 Å². The number of aromatic nitrogens is 2. The first-order valence-electron chi connectivity index (χ1n) is 6.10. The minimum atomic E-state index is -2.53. The number of alkyl halides is 2. The molecule has 94 valence electrons. The Balaban J connectivity index is 1.66. The minimum Gasteiger partial charge on any atom is -0.408 e. The number of nitrogens with zero attached hydrogens (tertiary/aromatic N) is 3. The van der Waals surface area contributed by atoms with E-state index in [9.17, 15) is 8.78 Å². The van der Waals surface area contributed by atoms with Crippen LogP contribution in [0.2, 0.25) is 0 Å². The van der Waals surface area contributed by atoms with Crippen molar-refractivity contribution in [3.63, 3.8) is 0 Å². The summed E-state index contributed by atoms with van der Waals surface area (Å²) in [5.74, 6) is -1.47. The summed E-state index contributed by atoms with van der Waals surface area (Å²) >= 11 is 0. The molecule has 3 rings (SSSR count). The Kier molecular flexibility index (Phi) is 2.52. The van der Waals surface area contributed by atoms with E-state index in [0.717, 1.165) is 12.8 Å². The van der Waals surface area contributed by atoms with Gasteiger partial charge in [-0.2, -0.15) is 0 Å². The molecule has 1 aliphatic carbocycles. The minimum absolute atomic E-state index is 0.131. The van der Waals surface area contributed by atoms with Crippen LogP contribution in [0.25, 0.3) is 0 Å². The zero-order valence-electron chi connectivity index (χ0n) is 9.53. The number of rotatable bonds is 2. The summed E-state index contributed by atoms with van der Waals surface area (Å²) in [5, 5.41) is 7.96. The zero-order valence-corrected chi connectivity index (χ0v) is 9.53. The third-order valence-corrected chi connectivity index (χ3v) is 3.65. The summed E-state index contributed by atoms with van der Waals surface area (Å²) < 4.78 is 31.5. The van der Waals surface area contributed by atoms with Gasteiger partial charge in [-0.1, -0.05) is 11.5 Å². The number of hydrogen-bond donors (Lipinski definition) is 0. The van der Waals surface area contributed by atoms with Crippen LogP contribution in [0.5, 0.6) is 0 Å². The van der Waals surface area contributed by atoms with Gasteiger partial charge in [-0.25, -0.2) is 8.78 Å². The molecule has 6 heteroatoms. The van der Waals surface area contributed by atoms with Crippen LogP contribution in [0.3, 0.4) is 0 Å². The highest BCUT2D eigenvalue weighted by Gasteiger charge is 2.36. The van der Waals surface area contributed by atoms with Gasteiger partial charge in [0.25, 0.3) is 5.92 Å². The third kappa shape index (κ3) is 2.12. The average Bonchev–Trinajstić information content (AvgIpc) is 2.64. The Labute approximate surface area is 98.0 Å². The van der Waals surface area contributed by atoms with Crippen molar-refractivity contribution in [3.05, 3.63) is 5.89 Å². The summed E-state index contributed by atoms with van der Waals surface area (Å²) in [6, 6.07) is 0.405. The molecule has 2 aliphatic rings. The molecule has 0 radical (unpaired) electrons. The van der Waals surface area contributed by atoms with E-state index in [1.165, 1.54) is 6.42 Å². The van der Waals surface area contributed by atoms with Gasteiger partial charge < -0.3 is 9.32 Å². The number of halogens is 2. The van der Waals surface area contributed by atoms with Crippen LogP contribution in [0, 0.1) is 0 Å². The summed E-state index contributed by atoms with van der Waals surface area (Å²) in [4.78, 5) is 1.76. The molecule has 17 heavy (non-hydrogen) atoms. The Morgan fingerprint density at radius 1 is 1.18 bits per heavy atom. The van der Waals surface area contributed by atoms with Crippen LogP contribution in [-0.4, -0.2) is 29.2 Å². The van der Waals surface area contributed by atoms with Gasteiger partial charge in [0.2, 0.25) is 5.89 Å². The van der Waals surface area contributed by atoms with Crippen LogP contribution in [-0.2, 0) is 0 Å². The molecule has 0 aromatic carbocycles. The Bertz CT molecular complexity index is 393. The van der Waals surface area contributed by atoms with Crippen molar-refractivity contribution >= 4 is 6.01 Å². The molecule has 1 aromatic rings. The Morgan fingerprint density at radius 3 is 2.47 bits per heavy atom. The average molecular weight is 243 g/mol. The number of piperidine rings is 1. The van der Waals surface area contributed by atoms with Gasteiger partial charge in [-0.15, -0.1) is 5.10 Å². The van der Waals surface area contributed by atoms with Gasteiger partial charge in [0, 0.05) is 31.8 Å². The van der Waals surface area contributed by atoms with Crippen molar-refractivity contribution in [2.45, 2.75) is 43.9 Å². The second kappa shape index (κ2) is 3.92. The highest BCUT2D eigenvalue weighted by Crippen LogP contribution is 2.37. The lowest BCUT2D eigenvalue weighted by molar-refractivity contribution is -0.0227. The maximum Gasteiger partial charge on any atom is 0.318 e. The number of hydrogen-bond acceptors (Lipinski definition) is 4. The van der Waals surface area contributed by atoms with Crippen LogP contribution in [0.1, 0.15) is 43.9 Å². The second-order valence-corrected chi connectivity index (χ2v) is 4.89. The maximum atomic E-state index is 13.0. The van der Waals surface area contributed by atoms with E-state index in [4.69, 9.17) is 4.42 Å². The fraction of sp³-hybridized carbons (Fsp3) is 0.818. The van der Waals surface area contributed by atoms with Crippen LogP contribution in [0.15, 0.2) is 4.42 Å². The molecule has 0 atom stereocenters. The van der Waals surface area contributed by atoms with Crippen molar-refractivity contribution in [1.29, 1.82) is 0 Å². The summed E-state index contributed by atoms with van der Waals surface area (Å²) in [5.41, 5.74) is 0. The normalized spacial score (nSPS) is 24.7. The topological polar surface area (TPSA) is 42.2 Å². The lowest BCUT2D eigenvalue weighted by Crippen LogP contribution is -2.39. The molecule has 1 saturated heterocycles. The molecule has 1 aliphatic heterocycles. The molecular formula is C11H15F2N3O. The first-order valence-corrected chi connectivity index (χ1v) is 6.10. The van der Waals surface area contributed by atoms with Crippen molar-refractivity contribution in [3.8, 4) is 0 Å². The Morgan fingerprint density at radius 2 is 1.88 bits per heavy atom. The van der Waals surface area contributed by atoms with E-state index in [2.05, 4.69) is 10.2 Å². The maximum absolute atomic E-state index is 13.0. The fourth-order valence-corrected chi connectivity index (χ4v) is 2.20. The van der Waals surface area contributed by atoms with E-state index in [1.54, 1.807) is 4.90 Å². The highest BCUT2D eigenvalue weighted by atomic mass is 19.3. The van der Waals surface area contributed by atoms with E-state index < -0.39 is 5.92 Å². The quantitative estimate of drug-likeness (QED) is 0.800. The first kappa shape index (κ1) is 10.9. The second-order valence-electron chi connectivity index (χ2n) is 4.89. The molecule has 4 nitrogen and oxygen atoms in total. The molecule has 0 spiro atoms. The van der Waals surface area contributed by atoms with Crippen LogP contribution < -0.4 is 4.90 Å². The van der Waals surface area contributed by atoms with Crippen LogP contribution in [0.4, 0.5) is 14.8 Å². The standard InChI is InChI=1S/C11H15F2N3O/c12-11(13)4-6-16(7-5-11)10-15-14-9(17-10)8-2-1-3-8/h8H,1-7H2. The Hall–Kier alpha value is -1.20. The van der Waals surface area contributed by atoms with Crippen molar-refractivity contribution < 1.29 is 13.2 Å². The molecule has 0 bridgehead atoms. The van der Waals surface area contributed by atoms with Gasteiger partial charge in [-0.3, -0.25) is 0 Å². The van der Waals surface area contributed by atoms with Gasteiger partial charge in [-0.05, 0) is 12.8 Å². The van der Waals surface area contributed by atoms with Crippen molar-refractivity contribution in [2.75, 3.05) is 18.0 Å². The molecule has 1 saturated carbocycles. The molecule has 0 N–H and O–H groups in total. The zero-order chi connectivity index (χ0) is 11.9. The van der Waals surface area contributed by atoms with E-state index in [-0.39, 0.29) is 12.8 Å². The van der Waals surface area contributed by atoms with Crippen molar-refractivity contribution in [2.24, 2.45) is 0 Å². The predicted octanol–water partition coefficient (Wildman–Crippen LogP) is 2.57. The molecule has 0 amide bonds. The SMILES string of the molecule is FC1(F)CCN(c2nnc(C3CCC3)o2)CC1. The lowest BCUT2D eigenvalue weighted by Gasteiger charge is -2.30. The van der Waals surface area contributed by atoms with Crippen molar-refractivity contribution in [1.82, 2.24) is 10.2 Å². The molecule has 1 aromatic heterocycles. The number of anilines is 1. The monoisotopic (exact) mass is 243 g/mol. The molecule has 2 fully saturated rings. The van der Waals surface area contributed by atoms with Gasteiger partial charge >= 0.3 is 6.01 Å². The van der Waals surface area contributed by atoms with Crippen LogP contribution >= 0.6 is 0 Å². The van der Waals surface area contributed by atoms with E-state index in [0.29, 0.717) is 30.9 Å². The summed E-state index contributed by atoms with van der Waals surface area (Å²) in [7, 11) is 0. The predicted molar refractivity (Wildman–Crippen MR) is 57.3 cm³/mol. The van der Waals surface area contributed by atoms with Gasteiger partial charge in [0.05, 0.1) is 0 Å².